The van der Waals surface area contributed by atoms with Crippen molar-refractivity contribution >= 4 is 28.8 Å². The number of amides is 2. The third-order valence-electron chi connectivity index (χ3n) is 5.14. The maximum Gasteiger partial charge on any atom is 0.282 e. The molecule has 0 atom stereocenters. The largest absolute Gasteiger partial charge is 0.350 e. The molecule has 0 aliphatic carbocycles. The fourth-order valence-electron chi connectivity index (χ4n) is 3.49. The van der Waals surface area contributed by atoms with E-state index in [0.29, 0.717) is 22.1 Å². The highest BCUT2D eigenvalue weighted by molar-refractivity contribution is 6.46. The molecule has 1 heterocycles. The van der Waals surface area contributed by atoms with E-state index < -0.39 is 29.1 Å². The summed E-state index contributed by atoms with van der Waals surface area (Å²) in [4.78, 5) is 27.2. The molecule has 4 nitrogen and oxygen atoms in total. The molecule has 3 aromatic rings. The molecule has 0 bridgehead atoms. The molecule has 0 aromatic heterocycles. The first-order valence-electron chi connectivity index (χ1n) is 9.87. The van der Waals surface area contributed by atoms with Crippen molar-refractivity contribution in [3.05, 3.63) is 101 Å². The number of imide groups is 1. The van der Waals surface area contributed by atoms with E-state index >= 15 is 0 Å². The number of halogens is 2. The second-order valence-electron chi connectivity index (χ2n) is 7.56. The normalized spacial score (nSPS) is 14.0. The number of nitrogens with zero attached hydrogens (tertiary/aromatic N) is 1. The van der Waals surface area contributed by atoms with E-state index in [1.54, 1.807) is 30.3 Å². The lowest BCUT2D eigenvalue weighted by Crippen LogP contribution is -2.33. The smallest absolute Gasteiger partial charge is 0.282 e. The maximum absolute atomic E-state index is 14.4. The summed E-state index contributed by atoms with van der Waals surface area (Å²) in [5.41, 5.74) is 1.92. The summed E-state index contributed by atoms with van der Waals surface area (Å²) in [5, 5.41) is 3.02. The standard InChI is InChI=1S/C25H20F2N2O2/c1-15(2)16-8-11-19(12-9-16)28-23-22(17-6-4-3-5-7-17)24(30)29(25(23)31)21-14-18(26)10-13-20(21)27/h3-15,28H,1-2H3. The number of rotatable bonds is 5. The Morgan fingerprint density at radius 3 is 2.16 bits per heavy atom. The zero-order valence-electron chi connectivity index (χ0n) is 17.0. The second kappa shape index (κ2) is 8.14. The summed E-state index contributed by atoms with van der Waals surface area (Å²) in [6.45, 7) is 4.14. The van der Waals surface area contributed by atoms with Crippen LogP contribution in [0.3, 0.4) is 0 Å². The van der Waals surface area contributed by atoms with Gasteiger partial charge in [0.05, 0.1) is 11.3 Å². The van der Waals surface area contributed by atoms with Crippen LogP contribution in [0.5, 0.6) is 0 Å². The number of hydrogen-bond donors (Lipinski definition) is 1. The van der Waals surface area contributed by atoms with Crippen LogP contribution in [0.15, 0.2) is 78.5 Å². The Kier molecular flexibility index (Phi) is 5.38. The minimum absolute atomic E-state index is 0.0113. The van der Waals surface area contributed by atoms with Gasteiger partial charge in [0.25, 0.3) is 11.8 Å². The highest BCUT2D eigenvalue weighted by Crippen LogP contribution is 2.35. The number of nitrogens with one attached hydrogen (secondary N) is 1. The Morgan fingerprint density at radius 1 is 0.839 bits per heavy atom. The first kappa shape index (κ1) is 20.5. The van der Waals surface area contributed by atoms with E-state index in [9.17, 15) is 18.4 Å². The van der Waals surface area contributed by atoms with Crippen LogP contribution in [-0.2, 0) is 9.59 Å². The van der Waals surface area contributed by atoms with Gasteiger partial charge >= 0.3 is 0 Å². The van der Waals surface area contributed by atoms with E-state index in [1.807, 2.05) is 24.3 Å². The molecule has 0 unspecified atom stereocenters. The Bertz CT molecular complexity index is 1190. The van der Waals surface area contributed by atoms with Gasteiger partial charge in [0.15, 0.2) is 0 Å². The van der Waals surface area contributed by atoms with Crippen molar-refractivity contribution in [3.8, 4) is 0 Å². The summed E-state index contributed by atoms with van der Waals surface area (Å²) < 4.78 is 28.2. The highest BCUT2D eigenvalue weighted by Gasteiger charge is 2.41. The quantitative estimate of drug-likeness (QED) is 0.558. The van der Waals surface area contributed by atoms with Crippen molar-refractivity contribution in [1.82, 2.24) is 0 Å². The predicted molar refractivity (Wildman–Crippen MR) is 116 cm³/mol. The molecule has 156 valence electrons. The number of carbonyl (C=O) groups is 2. The molecule has 3 aromatic carbocycles. The molecule has 0 saturated heterocycles. The molecular weight excluding hydrogens is 398 g/mol. The first-order chi connectivity index (χ1) is 14.9. The van der Waals surface area contributed by atoms with Gasteiger partial charge in [-0.25, -0.2) is 13.7 Å². The lowest BCUT2D eigenvalue weighted by molar-refractivity contribution is -0.120. The fraction of sp³-hybridized carbons (Fsp3) is 0.120. The van der Waals surface area contributed by atoms with Crippen molar-refractivity contribution in [2.75, 3.05) is 10.2 Å². The van der Waals surface area contributed by atoms with E-state index in [4.69, 9.17) is 0 Å². The molecule has 2 amide bonds. The predicted octanol–water partition coefficient (Wildman–Crippen LogP) is 5.48. The number of hydrogen-bond acceptors (Lipinski definition) is 3. The lowest BCUT2D eigenvalue weighted by atomic mass is 10.0. The molecule has 0 radical (unpaired) electrons. The van der Waals surface area contributed by atoms with Gasteiger partial charge < -0.3 is 5.32 Å². The molecule has 1 N–H and O–H groups in total. The summed E-state index contributed by atoms with van der Waals surface area (Å²) in [7, 11) is 0. The number of anilines is 2. The van der Waals surface area contributed by atoms with Crippen LogP contribution in [0.25, 0.3) is 5.57 Å². The number of benzene rings is 3. The topological polar surface area (TPSA) is 49.4 Å². The number of carbonyl (C=O) groups excluding carboxylic acids is 2. The van der Waals surface area contributed by atoms with Crippen LogP contribution in [-0.4, -0.2) is 11.8 Å². The molecule has 0 saturated carbocycles. The Morgan fingerprint density at radius 2 is 1.52 bits per heavy atom. The SMILES string of the molecule is CC(C)c1ccc(NC2=C(c3ccccc3)C(=O)N(c3cc(F)ccc3F)C2=O)cc1. The highest BCUT2D eigenvalue weighted by atomic mass is 19.1. The van der Waals surface area contributed by atoms with E-state index in [2.05, 4.69) is 19.2 Å². The van der Waals surface area contributed by atoms with Gasteiger partial charge in [0.1, 0.15) is 17.3 Å². The zero-order chi connectivity index (χ0) is 22.1. The van der Waals surface area contributed by atoms with Crippen LogP contribution in [0.4, 0.5) is 20.2 Å². The average Bonchev–Trinajstić information content (AvgIpc) is 3.00. The first-order valence-corrected chi connectivity index (χ1v) is 9.87. The van der Waals surface area contributed by atoms with Crippen molar-refractivity contribution in [2.45, 2.75) is 19.8 Å². The van der Waals surface area contributed by atoms with Gasteiger partial charge in [0, 0.05) is 11.8 Å². The molecule has 0 fully saturated rings. The molecule has 1 aliphatic rings. The summed E-state index contributed by atoms with van der Waals surface area (Å²) in [6, 6.07) is 18.8. The van der Waals surface area contributed by atoms with Crippen LogP contribution in [0.2, 0.25) is 0 Å². The molecule has 6 heteroatoms. The van der Waals surface area contributed by atoms with E-state index in [0.717, 1.165) is 23.8 Å². The van der Waals surface area contributed by atoms with E-state index in [-0.39, 0.29) is 11.3 Å². The van der Waals surface area contributed by atoms with Crippen molar-refractivity contribution in [3.63, 3.8) is 0 Å². The minimum atomic E-state index is -0.863. The molecule has 31 heavy (non-hydrogen) atoms. The van der Waals surface area contributed by atoms with Crippen LogP contribution in [0, 0.1) is 11.6 Å². The van der Waals surface area contributed by atoms with Crippen molar-refractivity contribution < 1.29 is 18.4 Å². The molecule has 0 spiro atoms. The van der Waals surface area contributed by atoms with Gasteiger partial charge in [-0.2, -0.15) is 0 Å². The van der Waals surface area contributed by atoms with Crippen LogP contribution >= 0.6 is 0 Å². The molecular formula is C25H20F2N2O2. The molecule has 1 aliphatic heterocycles. The summed E-state index contributed by atoms with van der Waals surface area (Å²) >= 11 is 0. The fourth-order valence-corrected chi connectivity index (χ4v) is 3.49. The molecule has 4 rings (SSSR count). The second-order valence-corrected chi connectivity index (χ2v) is 7.56. The van der Waals surface area contributed by atoms with Crippen LogP contribution < -0.4 is 10.2 Å². The average molecular weight is 418 g/mol. The third kappa shape index (κ3) is 3.84. The van der Waals surface area contributed by atoms with Crippen molar-refractivity contribution in [1.29, 1.82) is 0 Å². The van der Waals surface area contributed by atoms with Gasteiger partial charge in [-0.3, -0.25) is 9.59 Å². The lowest BCUT2D eigenvalue weighted by Gasteiger charge is -2.16. The Balaban J connectivity index is 1.80. The third-order valence-corrected chi connectivity index (χ3v) is 5.14. The van der Waals surface area contributed by atoms with Gasteiger partial charge in [-0.1, -0.05) is 56.3 Å². The summed E-state index contributed by atoms with van der Waals surface area (Å²) in [5.74, 6) is -2.74. The van der Waals surface area contributed by atoms with Gasteiger partial charge in [-0.05, 0) is 41.3 Å². The van der Waals surface area contributed by atoms with Crippen LogP contribution in [0.1, 0.15) is 30.9 Å². The van der Waals surface area contributed by atoms with E-state index in [1.165, 1.54) is 0 Å². The summed E-state index contributed by atoms with van der Waals surface area (Å²) in [6.07, 6.45) is 0. The Hall–Kier alpha value is -3.80. The van der Waals surface area contributed by atoms with Crippen molar-refractivity contribution in [2.24, 2.45) is 0 Å². The minimum Gasteiger partial charge on any atom is -0.350 e. The van der Waals surface area contributed by atoms with Gasteiger partial charge in [0.2, 0.25) is 0 Å². The van der Waals surface area contributed by atoms with Gasteiger partial charge in [-0.15, -0.1) is 0 Å². The Labute approximate surface area is 178 Å². The zero-order valence-corrected chi connectivity index (χ0v) is 17.0. The maximum atomic E-state index is 14.4. The monoisotopic (exact) mass is 418 g/mol.